The van der Waals surface area contributed by atoms with Gasteiger partial charge in [-0.25, -0.2) is 5.43 Å². The Balaban J connectivity index is 1.76. The van der Waals surface area contributed by atoms with E-state index in [9.17, 15) is 9.59 Å². The highest BCUT2D eigenvalue weighted by atomic mass is 16.2. The molecule has 3 rings (SSSR count). The third-order valence-corrected chi connectivity index (χ3v) is 4.34. The van der Waals surface area contributed by atoms with Gasteiger partial charge in [-0.1, -0.05) is 30.3 Å². The molecule has 1 aromatic heterocycles. The second kappa shape index (κ2) is 6.70. The monoisotopic (exact) mass is 324 g/mol. The van der Waals surface area contributed by atoms with Gasteiger partial charge in [-0.3, -0.25) is 9.59 Å². The summed E-state index contributed by atoms with van der Waals surface area (Å²) >= 11 is 0. The zero-order valence-corrected chi connectivity index (χ0v) is 13.7. The smallest absolute Gasteiger partial charge is 0.253 e. The summed E-state index contributed by atoms with van der Waals surface area (Å²) in [4.78, 5) is 24.6. The predicted octanol–water partition coefficient (Wildman–Crippen LogP) is 1.40. The van der Waals surface area contributed by atoms with Crippen LogP contribution >= 0.6 is 0 Å². The Morgan fingerprint density at radius 1 is 1.25 bits per heavy atom. The van der Waals surface area contributed by atoms with E-state index in [0.29, 0.717) is 12.3 Å². The first kappa shape index (κ1) is 16.0. The van der Waals surface area contributed by atoms with Crippen LogP contribution in [0.4, 0.5) is 0 Å². The predicted molar refractivity (Wildman–Crippen MR) is 91.4 cm³/mol. The van der Waals surface area contributed by atoms with Crippen LogP contribution in [-0.4, -0.2) is 28.6 Å². The zero-order valence-electron chi connectivity index (χ0n) is 13.7. The van der Waals surface area contributed by atoms with Crippen LogP contribution in [0.5, 0.6) is 0 Å². The number of carbonyl (C=O) groups is 2. The Bertz CT molecular complexity index is 779. The molecule has 0 bridgehead atoms. The molecule has 2 N–H and O–H groups in total. The highest BCUT2D eigenvalue weighted by molar-refractivity contribution is 6.04. The lowest BCUT2D eigenvalue weighted by molar-refractivity contribution is -0.133. The summed E-state index contributed by atoms with van der Waals surface area (Å²) in [6.07, 6.45) is 1.91. The van der Waals surface area contributed by atoms with Crippen LogP contribution in [0.25, 0.3) is 0 Å². The largest absolute Gasteiger partial charge is 0.355 e. The van der Waals surface area contributed by atoms with Gasteiger partial charge in [0.1, 0.15) is 5.92 Å². The molecule has 0 radical (unpaired) electrons. The number of hydrogen-bond acceptors (Lipinski definition) is 3. The fraction of sp³-hybridized carbons (Fsp3) is 0.278. The van der Waals surface area contributed by atoms with Gasteiger partial charge in [-0.05, 0) is 24.6 Å². The number of rotatable bonds is 4. The van der Waals surface area contributed by atoms with Crippen molar-refractivity contribution in [2.45, 2.75) is 12.8 Å². The molecule has 1 aromatic carbocycles. The van der Waals surface area contributed by atoms with Crippen LogP contribution in [0.3, 0.4) is 0 Å². The molecule has 1 aliphatic heterocycles. The number of aryl methyl sites for hydroxylation is 1. The molecule has 1 fully saturated rings. The minimum Gasteiger partial charge on any atom is -0.355 e. The number of amides is 2. The van der Waals surface area contributed by atoms with Crippen molar-refractivity contribution in [3.63, 3.8) is 0 Å². The SMILES string of the molecule is C/C(=N/NC(=O)C1C(=O)NCC1c1ccccc1)c1cccn1C. The first-order valence-electron chi connectivity index (χ1n) is 7.86. The lowest BCUT2D eigenvalue weighted by Gasteiger charge is -2.15. The van der Waals surface area contributed by atoms with E-state index in [2.05, 4.69) is 15.8 Å². The lowest BCUT2D eigenvalue weighted by Crippen LogP contribution is -2.35. The van der Waals surface area contributed by atoms with Gasteiger partial charge >= 0.3 is 0 Å². The van der Waals surface area contributed by atoms with Crippen molar-refractivity contribution in [1.29, 1.82) is 0 Å². The van der Waals surface area contributed by atoms with E-state index < -0.39 is 5.92 Å². The summed E-state index contributed by atoms with van der Waals surface area (Å²) in [5, 5.41) is 6.92. The van der Waals surface area contributed by atoms with Gasteiger partial charge in [0, 0.05) is 25.7 Å². The van der Waals surface area contributed by atoms with Gasteiger partial charge < -0.3 is 9.88 Å². The number of hydrazone groups is 1. The van der Waals surface area contributed by atoms with Gasteiger partial charge in [0.2, 0.25) is 5.91 Å². The topological polar surface area (TPSA) is 75.5 Å². The molecule has 6 nitrogen and oxygen atoms in total. The van der Waals surface area contributed by atoms with E-state index in [1.165, 1.54) is 0 Å². The summed E-state index contributed by atoms with van der Waals surface area (Å²) in [6.45, 7) is 2.28. The molecule has 2 amide bonds. The van der Waals surface area contributed by atoms with E-state index in [1.807, 2.05) is 67.2 Å². The fourth-order valence-electron chi connectivity index (χ4n) is 3.04. The normalized spacial score (nSPS) is 20.8. The fourth-order valence-corrected chi connectivity index (χ4v) is 3.04. The Kier molecular flexibility index (Phi) is 4.46. The maximum atomic E-state index is 12.5. The molecule has 124 valence electrons. The van der Waals surface area contributed by atoms with Crippen LogP contribution in [0, 0.1) is 5.92 Å². The quantitative estimate of drug-likeness (QED) is 0.507. The minimum absolute atomic E-state index is 0.177. The first-order valence-corrected chi connectivity index (χ1v) is 7.86. The van der Waals surface area contributed by atoms with Crippen molar-refractivity contribution < 1.29 is 9.59 Å². The van der Waals surface area contributed by atoms with Crippen molar-refractivity contribution in [2.24, 2.45) is 18.1 Å². The maximum Gasteiger partial charge on any atom is 0.253 e. The van der Waals surface area contributed by atoms with Crippen molar-refractivity contribution >= 4 is 17.5 Å². The molecule has 0 saturated carbocycles. The number of benzene rings is 1. The number of aromatic nitrogens is 1. The zero-order chi connectivity index (χ0) is 17.1. The van der Waals surface area contributed by atoms with E-state index in [0.717, 1.165) is 11.3 Å². The van der Waals surface area contributed by atoms with E-state index in [-0.39, 0.29) is 17.7 Å². The number of nitrogens with zero attached hydrogens (tertiary/aromatic N) is 2. The van der Waals surface area contributed by atoms with Crippen molar-refractivity contribution in [3.8, 4) is 0 Å². The lowest BCUT2D eigenvalue weighted by atomic mass is 9.88. The van der Waals surface area contributed by atoms with Crippen LogP contribution < -0.4 is 10.7 Å². The van der Waals surface area contributed by atoms with Crippen LogP contribution in [-0.2, 0) is 16.6 Å². The number of nitrogens with one attached hydrogen (secondary N) is 2. The first-order chi connectivity index (χ1) is 11.6. The Labute approximate surface area is 140 Å². The molecule has 6 heteroatoms. The molecule has 1 saturated heterocycles. The van der Waals surface area contributed by atoms with E-state index in [1.54, 1.807) is 0 Å². The molecule has 2 heterocycles. The Morgan fingerprint density at radius 3 is 2.67 bits per heavy atom. The summed E-state index contributed by atoms with van der Waals surface area (Å²) in [5.74, 6) is -1.58. The molecule has 2 unspecified atom stereocenters. The molecular weight excluding hydrogens is 304 g/mol. The van der Waals surface area contributed by atoms with Crippen molar-refractivity contribution in [1.82, 2.24) is 15.3 Å². The highest BCUT2D eigenvalue weighted by Gasteiger charge is 2.40. The molecule has 24 heavy (non-hydrogen) atoms. The standard InChI is InChI=1S/C18H20N4O2/c1-12(15-9-6-10-22(15)2)20-21-18(24)16-14(11-19-17(16)23)13-7-4-3-5-8-13/h3-10,14,16H,11H2,1-2H3,(H,19,23)(H,21,24)/b20-12-. The molecule has 1 aliphatic rings. The highest BCUT2D eigenvalue weighted by Crippen LogP contribution is 2.28. The second-order valence-electron chi connectivity index (χ2n) is 5.92. The summed E-state index contributed by atoms with van der Waals surface area (Å²) in [6, 6.07) is 13.4. The van der Waals surface area contributed by atoms with E-state index >= 15 is 0 Å². The summed E-state index contributed by atoms with van der Waals surface area (Å²) in [7, 11) is 1.91. The molecule has 2 aromatic rings. The summed E-state index contributed by atoms with van der Waals surface area (Å²) in [5.41, 5.74) is 5.11. The van der Waals surface area contributed by atoms with Crippen LogP contribution in [0.2, 0.25) is 0 Å². The van der Waals surface area contributed by atoms with E-state index in [4.69, 9.17) is 0 Å². The Morgan fingerprint density at radius 2 is 2.00 bits per heavy atom. The molecule has 0 aliphatic carbocycles. The van der Waals surface area contributed by atoms with Crippen molar-refractivity contribution in [3.05, 3.63) is 59.9 Å². The molecule has 0 spiro atoms. The van der Waals surface area contributed by atoms with Gasteiger partial charge in [0.05, 0.1) is 11.4 Å². The number of hydrogen-bond donors (Lipinski definition) is 2. The maximum absolute atomic E-state index is 12.5. The third kappa shape index (κ3) is 3.08. The van der Waals surface area contributed by atoms with Gasteiger partial charge in [0.25, 0.3) is 5.91 Å². The average Bonchev–Trinajstić information content (AvgIpc) is 3.19. The average molecular weight is 324 g/mol. The van der Waals surface area contributed by atoms with Gasteiger partial charge in [-0.15, -0.1) is 0 Å². The Hall–Kier alpha value is -2.89. The molecule has 2 atom stereocenters. The second-order valence-corrected chi connectivity index (χ2v) is 5.92. The third-order valence-electron chi connectivity index (χ3n) is 4.34. The number of carbonyl (C=O) groups excluding carboxylic acids is 2. The minimum atomic E-state index is -0.766. The van der Waals surface area contributed by atoms with Crippen LogP contribution in [0.15, 0.2) is 53.8 Å². The van der Waals surface area contributed by atoms with Crippen LogP contribution in [0.1, 0.15) is 24.1 Å². The van der Waals surface area contributed by atoms with Gasteiger partial charge in [-0.2, -0.15) is 5.10 Å². The summed E-state index contributed by atoms with van der Waals surface area (Å²) < 4.78 is 1.92. The van der Waals surface area contributed by atoms with Crippen molar-refractivity contribution in [2.75, 3.05) is 6.54 Å². The molecular formula is C18H20N4O2. The van der Waals surface area contributed by atoms with Gasteiger partial charge in [0.15, 0.2) is 0 Å².